The molecule has 0 spiro atoms. The van der Waals surface area contributed by atoms with Gasteiger partial charge in [0.25, 0.3) is 0 Å². The van der Waals surface area contributed by atoms with Gasteiger partial charge in [-0.1, -0.05) is 0 Å². The van der Waals surface area contributed by atoms with Crippen LogP contribution in [-0.2, 0) is 19.4 Å². The Morgan fingerprint density at radius 3 is 3.05 bits per heavy atom. The standard InChI is InChI=1S/C16H17N3OS/c1-10-17-15(19(2)9-11-5-4-8-20-11)14-12-6-3-7-13(12)21-16(14)18-10/h4-5,8H,3,6-7,9H2,1-2H3. The topological polar surface area (TPSA) is 42.2 Å². The summed E-state index contributed by atoms with van der Waals surface area (Å²) in [6, 6.07) is 3.92. The van der Waals surface area contributed by atoms with Crippen molar-refractivity contribution in [1.82, 2.24) is 9.97 Å². The summed E-state index contributed by atoms with van der Waals surface area (Å²) in [7, 11) is 2.07. The van der Waals surface area contributed by atoms with Crippen LogP contribution in [0.5, 0.6) is 0 Å². The number of nitrogens with zero attached hydrogens (tertiary/aromatic N) is 3. The van der Waals surface area contributed by atoms with Crippen LogP contribution < -0.4 is 4.90 Å². The van der Waals surface area contributed by atoms with Crippen molar-refractivity contribution < 1.29 is 4.42 Å². The Morgan fingerprint density at radius 1 is 1.33 bits per heavy atom. The van der Waals surface area contributed by atoms with Gasteiger partial charge in [-0.2, -0.15) is 0 Å². The molecular formula is C16H17N3OS. The fourth-order valence-corrected chi connectivity index (χ4v) is 4.37. The minimum Gasteiger partial charge on any atom is -0.467 e. The van der Waals surface area contributed by atoms with Gasteiger partial charge in [-0.05, 0) is 43.9 Å². The van der Waals surface area contributed by atoms with Gasteiger partial charge in [-0.15, -0.1) is 11.3 Å². The molecule has 0 bridgehead atoms. The fraction of sp³-hybridized carbons (Fsp3) is 0.375. The maximum atomic E-state index is 5.46. The quantitative estimate of drug-likeness (QED) is 0.739. The lowest BCUT2D eigenvalue weighted by Crippen LogP contribution is -2.18. The van der Waals surface area contributed by atoms with Crippen LogP contribution in [0.25, 0.3) is 10.2 Å². The summed E-state index contributed by atoms with van der Waals surface area (Å²) in [5.74, 6) is 2.82. The molecule has 21 heavy (non-hydrogen) atoms. The van der Waals surface area contributed by atoms with E-state index in [1.54, 1.807) is 6.26 Å². The number of furan rings is 1. The predicted molar refractivity (Wildman–Crippen MR) is 85.0 cm³/mol. The third-order valence-electron chi connectivity index (χ3n) is 3.99. The molecular weight excluding hydrogens is 282 g/mol. The van der Waals surface area contributed by atoms with Crippen molar-refractivity contribution in [3.63, 3.8) is 0 Å². The molecule has 3 heterocycles. The zero-order chi connectivity index (χ0) is 14.4. The Morgan fingerprint density at radius 2 is 2.24 bits per heavy atom. The van der Waals surface area contributed by atoms with Crippen LogP contribution in [0.2, 0.25) is 0 Å². The first kappa shape index (κ1) is 12.8. The van der Waals surface area contributed by atoms with Gasteiger partial charge in [0.05, 0.1) is 18.2 Å². The average Bonchev–Trinajstić information content (AvgIpc) is 3.13. The Balaban J connectivity index is 1.83. The molecule has 0 saturated carbocycles. The van der Waals surface area contributed by atoms with Crippen molar-refractivity contribution in [3.05, 3.63) is 40.4 Å². The maximum absolute atomic E-state index is 5.46. The summed E-state index contributed by atoms with van der Waals surface area (Å²) in [5, 5.41) is 1.26. The molecule has 1 aliphatic carbocycles. The molecule has 0 amide bonds. The number of hydrogen-bond donors (Lipinski definition) is 0. The van der Waals surface area contributed by atoms with Crippen LogP contribution in [0.3, 0.4) is 0 Å². The van der Waals surface area contributed by atoms with E-state index in [1.807, 2.05) is 30.4 Å². The molecule has 0 saturated heterocycles. The van der Waals surface area contributed by atoms with Crippen LogP contribution in [0, 0.1) is 6.92 Å². The predicted octanol–water partition coefficient (Wildman–Crippen LogP) is 3.72. The third kappa shape index (κ3) is 2.12. The average molecular weight is 299 g/mol. The van der Waals surface area contributed by atoms with Crippen LogP contribution >= 0.6 is 11.3 Å². The largest absolute Gasteiger partial charge is 0.467 e. The van der Waals surface area contributed by atoms with E-state index in [-0.39, 0.29) is 0 Å². The van der Waals surface area contributed by atoms with Crippen LogP contribution in [0.1, 0.15) is 28.4 Å². The van der Waals surface area contributed by atoms with E-state index >= 15 is 0 Å². The van der Waals surface area contributed by atoms with Gasteiger partial charge in [-0.3, -0.25) is 0 Å². The highest BCUT2D eigenvalue weighted by molar-refractivity contribution is 7.19. The van der Waals surface area contributed by atoms with E-state index in [0.717, 1.165) is 35.2 Å². The molecule has 0 radical (unpaired) electrons. The number of anilines is 1. The van der Waals surface area contributed by atoms with Gasteiger partial charge in [0, 0.05) is 11.9 Å². The Kier molecular flexibility index (Phi) is 2.96. The summed E-state index contributed by atoms with van der Waals surface area (Å²) in [6.45, 7) is 2.69. The van der Waals surface area contributed by atoms with Gasteiger partial charge in [0.1, 0.15) is 22.2 Å². The van der Waals surface area contributed by atoms with E-state index < -0.39 is 0 Å². The first-order valence-corrected chi connectivity index (χ1v) is 8.06. The monoisotopic (exact) mass is 299 g/mol. The molecule has 4 nitrogen and oxygen atoms in total. The van der Waals surface area contributed by atoms with Crippen molar-refractivity contribution in [3.8, 4) is 0 Å². The van der Waals surface area contributed by atoms with Gasteiger partial charge in [-0.25, -0.2) is 9.97 Å². The number of aromatic nitrogens is 2. The summed E-state index contributed by atoms with van der Waals surface area (Å²) in [5.41, 5.74) is 1.47. The molecule has 1 aliphatic rings. The summed E-state index contributed by atoms with van der Waals surface area (Å²) in [6.07, 6.45) is 5.32. The zero-order valence-electron chi connectivity index (χ0n) is 12.2. The van der Waals surface area contributed by atoms with Crippen molar-refractivity contribution in [2.45, 2.75) is 32.7 Å². The Hall–Kier alpha value is -1.88. The van der Waals surface area contributed by atoms with Gasteiger partial charge < -0.3 is 9.32 Å². The highest BCUT2D eigenvalue weighted by Crippen LogP contribution is 2.40. The number of thiophene rings is 1. The highest BCUT2D eigenvalue weighted by Gasteiger charge is 2.23. The van der Waals surface area contributed by atoms with Gasteiger partial charge >= 0.3 is 0 Å². The Bertz CT molecular complexity index is 792. The molecule has 0 aliphatic heterocycles. The van der Waals surface area contributed by atoms with Crippen molar-refractivity contribution in [1.29, 1.82) is 0 Å². The number of hydrogen-bond acceptors (Lipinski definition) is 5. The van der Waals surface area contributed by atoms with E-state index in [9.17, 15) is 0 Å². The normalized spacial score (nSPS) is 13.8. The minimum absolute atomic E-state index is 0.725. The zero-order valence-corrected chi connectivity index (χ0v) is 13.0. The molecule has 0 atom stereocenters. The van der Waals surface area contributed by atoms with Crippen molar-refractivity contribution in [2.24, 2.45) is 0 Å². The van der Waals surface area contributed by atoms with Gasteiger partial charge in [0.15, 0.2) is 0 Å². The number of aryl methyl sites for hydroxylation is 3. The molecule has 4 rings (SSSR count). The molecule has 0 aromatic carbocycles. The number of rotatable bonds is 3. The lowest BCUT2D eigenvalue weighted by atomic mass is 10.2. The molecule has 0 fully saturated rings. The minimum atomic E-state index is 0.725. The van der Waals surface area contributed by atoms with E-state index in [4.69, 9.17) is 9.40 Å². The molecule has 3 aromatic heterocycles. The molecule has 108 valence electrons. The van der Waals surface area contributed by atoms with E-state index in [0.29, 0.717) is 0 Å². The molecule has 3 aromatic rings. The first-order valence-electron chi connectivity index (χ1n) is 7.25. The second-order valence-corrected chi connectivity index (χ2v) is 6.65. The molecule has 5 heteroatoms. The SMILES string of the molecule is Cc1nc(N(C)Cc2ccco2)c2c3c(sc2n1)CCC3. The summed E-state index contributed by atoms with van der Waals surface area (Å²) in [4.78, 5) is 14.1. The lowest BCUT2D eigenvalue weighted by molar-refractivity contribution is 0.507. The number of fused-ring (bicyclic) bond motifs is 3. The second kappa shape index (κ2) is 4.84. The van der Waals surface area contributed by atoms with E-state index in [1.165, 1.54) is 28.7 Å². The maximum Gasteiger partial charge on any atom is 0.141 e. The third-order valence-corrected chi connectivity index (χ3v) is 5.18. The fourth-order valence-electron chi connectivity index (χ4n) is 3.07. The lowest BCUT2D eigenvalue weighted by Gasteiger charge is -2.18. The molecule has 0 unspecified atom stereocenters. The van der Waals surface area contributed by atoms with Gasteiger partial charge in [0.2, 0.25) is 0 Å². The Labute approximate surface area is 127 Å². The van der Waals surface area contributed by atoms with Crippen LogP contribution in [-0.4, -0.2) is 17.0 Å². The first-order chi connectivity index (χ1) is 10.2. The highest BCUT2D eigenvalue weighted by atomic mass is 32.1. The molecule has 0 N–H and O–H groups in total. The summed E-state index contributed by atoms with van der Waals surface area (Å²) >= 11 is 1.84. The van der Waals surface area contributed by atoms with Crippen molar-refractivity contribution >= 4 is 27.4 Å². The van der Waals surface area contributed by atoms with Crippen molar-refractivity contribution in [2.75, 3.05) is 11.9 Å². The smallest absolute Gasteiger partial charge is 0.141 e. The van der Waals surface area contributed by atoms with Crippen LogP contribution in [0.15, 0.2) is 22.8 Å². The van der Waals surface area contributed by atoms with Crippen LogP contribution in [0.4, 0.5) is 5.82 Å². The second-order valence-electron chi connectivity index (χ2n) is 5.57. The van der Waals surface area contributed by atoms with E-state index in [2.05, 4.69) is 16.9 Å². The summed E-state index contributed by atoms with van der Waals surface area (Å²) < 4.78 is 5.46.